The van der Waals surface area contributed by atoms with E-state index in [-0.39, 0.29) is 4.90 Å². The first-order valence-corrected chi connectivity index (χ1v) is 9.05. The molecule has 0 spiro atoms. The van der Waals surface area contributed by atoms with E-state index in [2.05, 4.69) is 20.7 Å². The molecule has 0 saturated carbocycles. The quantitative estimate of drug-likeness (QED) is 0.853. The Morgan fingerprint density at radius 2 is 2.22 bits per heavy atom. The van der Waals surface area contributed by atoms with Gasteiger partial charge in [0.2, 0.25) is 10.0 Å². The lowest BCUT2D eigenvalue weighted by Gasteiger charge is -2.04. The topological polar surface area (TPSA) is 72.2 Å². The van der Waals surface area contributed by atoms with Crippen LogP contribution in [0.25, 0.3) is 0 Å². The lowest BCUT2D eigenvalue weighted by molar-refractivity contribution is 0.581. The summed E-state index contributed by atoms with van der Waals surface area (Å²) in [6.07, 6.45) is 0. The Hall–Kier alpha value is -0.250. The lowest BCUT2D eigenvalue weighted by Crippen LogP contribution is -2.22. The third kappa shape index (κ3) is 3.19. The Morgan fingerprint density at radius 1 is 1.44 bits per heavy atom. The second-order valence-corrected chi connectivity index (χ2v) is 8.48. The summed E-state index contributed by atoms with van der Waals surface area (Å²) in [5.41, 5.74) is 6.45. The van der Waals surface area contributed by atoms with E-state index < -0.39 is 10.0 Å². The number of nitrogens with two attached hydrogens (primary N) is 1. The smallest absolute Gasteiger partial charge is 0.242 e. The third-order valence-corrected chi connectivity index (χ3v) is 6.65. The number of thiophene rings is 2. The molecule has 0 fully saturated rings. The second-order valence-electron chi connectivity index (χ2n) is 3.51. The average Bonchev–Trinajstić information content (AvgIpc) is 2.95. The van der Waals surface area contributed by atoms with Gasteiger partial charge in [-0.2, -0.15) is 11.3 Å². The van der Waals surface area contributed by atoms with Gasteiger partial charge in [-0.3, -0.25) is 0 Å². The van der Waals surface area contributed by atoms with Crippen LogP contribution in [0.3, 0.4) is 0 Å². The van der Waals surface area contributed by atoms with Crippen LogP contribution in [0.5, 0.6) is 0 Å². The van der Waals surface area contributed by atoms with Gasteiger partial charge in [-0.05, 0) is 44.4 Å². The van der Waals surface area contributed by atoms with E-state index in [1.807, 2.05) is 16.8 Å². The monoisotopic (exact) mass is 366 g/mol. The van der Waals surface area contributed by atoms with Gasteiger partial charge in [0.05, 0.1) is 3.79 Å². The minimum absolute atomic E-state index is 0.253. The van der Waals surface area contributed by atoms with Gasteiger partial charge >= 0.3 is 0 Å². The van der Waals surface area contributed by atoms with Crippen LogP contribution in [0.2, 0.25) is 0 Å². The fourth-order valence-corrected chi connectivity index (χ4v) is 5.58. The highest BCUT2D eigenvalue weighted by molar-refractivity contribution is 9.11. The summed E-state index contributed by atoms with van der Waals surface area (Å²) < 4.78 is 27.4. The van der Waals surface area contributed by atoms with E-state index >= 15 is 0 Å². The van der Waals surface area contributed by atoms with Gasteiger partial charge in [-0.1, -0.05) is 0 Å². The standard InChI is InChI=1S/C10H11BrN2O2S3/c11-10-9(3-8(4-12)17-10)18(14,15)13-5-7-1-2-16-6-7/h1-3,6,13H,4-5,12H2. The van der Waals surface area contributed by atoms with Crippen molar-refractivity contribution in [3.8, 4) is 0 Å². The molecule has 2 heterocycles. The van der Waals surface area contributed by atoms with Crippen LogP contribution in [0.1, 0.15) is 10.4 Å². The highest BCUT2D eigenvalue weighted by Crippen LogP contribution is 2.31. The number of hydrogen-bond acceptors (Lipinski definition) is 5. The van der Waals surface area contributed by atoms with Crippen LogP contribution in [-0.4, -0.2) is 8.42 Å². The Labute approximate surface area is 122 Å². The summed E-state index contributed by atoms with van der Waals surface area (Å²) in [4.78, 5) is 1.08. The van der Waals surface area contributed by atoms with Crippen molar-refractivity contribution in [2.24, 2.45) is 5.73 Å². The van der Waals surface area contributed by atoms with Crippen molar-refractivity contribution >= 4 is 48.6 Å². The van der Waals surface area contributed by atoms with Crippen LogP contribution in [0, 0.1) is 0 Å². The molecule has 18 heavy (non-hydrogen) atoms. The molecule has 8 heteroatoms. The molecule has 0 aromatic carbocycles. The lowest BCUT2D eigenvalue weighted by atomic mass is 10.4. The summed E-state index contributed by atoms with van der Waals surface area (Å²) in [5, 5.41) is 3.83. The van der Waals surface area contributed by atoms with E-state index in [1.54, 1.807) is 6.07 Å². The van der Waals surface area contributed by atoms with Crippen molar-refractivity contribution in [3.63, 3.8) is 0 Å². The highest BCUT2D eigenvalue weighted by Gasteiger charge is 2.20. The van der Waals surface area contributed by atoms with Crippen molar-refractivity contribution in [1.82, 2.24) is 4.72 Å². The first kappa shape index (κ1) is 14.2. The average molecular weight is 367 g/mol. The molecule has 0 saturated heterocycles. The fourth-order valence-electron chi connectivity index (χ4n) is 1.33. The van der Waals surface area contributed by atoms with Crippen LogP contribution in [0.4, 0.5) is 0 Å². The maximum atomic E-state index is 12.1. The number of hydrogen-bond donors (Lipinski definition) is 2. The van der Waals surface area contributed by atoms with Crippen molar-refractivity contribution in [2.75, 3.05) is 0 Å². The Morgan fingerprint density at radius 3 is 2.78 bits per heavy atom. The van der Waals surface area contributed by atoms with E-state index in [1.165, 1.54) is 22.7 Å². The zero-order chi connectivity index (χ0) is 13.2. The molecule has 0 radical (unpaired) electrons. The summed E-state index contributed by atoms with van der Waals surface area (Å²) in [6, 6.07) is 3.49. The molecule has 0 aliphatic heterocycles. The van der Waals surface area contributed by atoms with Crippen molar-refractivity contribution < 1.29 is 8.42 Å². The van der Waals surface area contributed by atoms with Crippen molar-refractivity contribution in [1.29, 1.82) is 0 Å². The number of rotatable bonds is 5. The molecular weight excluding hydrogens is 356 g/mol. The zero-order valence-corrected chi connectivity index (χ0v) is 13.3. The minimum Gasteiger partial charge on any atom is -0.326 e. The Balaban J connectivity index is 2.17. The van der Waals surface area contributed by atoms with Gasteiger partial charge < -0.3 is 5.73 Å². The van der Waals surface area contributed by atoms with Gasteiger partial charge in [0, 0.05) is 18.0 Å². The summed E-state index contributed by atoms with van der Waals surface area (Å²) in [7, 11) is -3.49. The molecule has 0 atom stereocenters. The molecule has 2 aromatic heterocycles. The van der Waals surface area contributed by atoms with Gasteiger partial charge in [0.1, 0.15) is 4.90 Å². The highest BCUT2D eigenvalue weighted by atomic mass is 79.9. The van der Waals surface area contributed by atoms with Gasteiger partial charge in [-0.15, -0.1) is 11.3 Å². The normalized spacial score (nSPS) is 11.9. The van der Waals surface area contributed by atoms with Crippen LogP contribution < -0.4 is 10.5 Å². The van der Waals surface area contributed by atoms with E-state index in [0.29, 0.717) is 16.9 Å². The van der Waals surface area contributed by atoms with Gasteiger partial charge in [0.15, 0.2) is 0 Å². The first-order chi connectivity index (χ1) is 8.53. The minimum atomic E-state index is -3.49. The van der Waals surface area contributed by atoms with Crippen molar-refractivity contribution in [2.45, 2.75) is 18.0 Å². The Bertz CT molecular complexity index is 620. The molecular formula is C10H11BrN2O2S3. The second kappa shape index (κ2) is 5.81. The number of sulfonamides is 1. The predicted molar refractivity (Wildman–Crippen MR) is 78.3 cm³/mol. The predicted octanol–water partition coefficient (Wildman–Crippen LogP) is 2.51. The van der Waals surface area contributed by atoms with Crippen LogP contribution >= 0.6 is 38.6 Å². The zero-order valence-electron chi connectivity index (χ0n) is 9.22. The molecule has 98 valence electrons. The number of halogens is 1. The van der Waals surface area contributed by atoms with Crippen LogP contribution in [0.15, 0.2) is 31.6 Å². The number of nitrogens with one attached hydrogen (secondary N) is 1. The summed E-state index contributed by atoms with van der Waals surface area (Å²) in [5.74, 6) is 0. The summed E-state index contributed by atoms with van der Waals surface area (Å²) in [6.45, 7) is 0.634. The molecule has 0 bridgehead atoms. The maximum Gasteiger partial charge on any atom is 0.242 e. The molecule has 0 aliphatic carbocycles. The van der Waals surface area contributed by atoms with Gasteiger partial charge in [-0.25, -0.2) is 13.1 Å². The van der Waals surface area contributed by atoms with Crippen molar-refractivity contribution in [3.05, 3.63) is 37.1 Å². The van der Waals surface area contributed by atoms with Crippen LogP contribution in [-0.2, 0) is 23.1 Å². The summed E-state index contributed by atoms with van der Waals surface area (Å²) >= 11 is 6.14. The van der Waals surface area contributed by atoms with Gasteiger partial charge in [0.25, 0.3) is 0 Å². The molecule has 2 aromatic rings. The molecule has 4 nitrogen and oxygen atoms in total. The Kier molecular flexibility index (Phi) is 4.57. The molecule has 2 rings (SSSR count). The molecule has 0 unspecified atom stereocenters. The first-order valence-electron chi connectivity index (χ1n) is 5.02. The molecule has 3 N–H and O–H groups in total. The van der Waals surface area contributed by atoms with E-state index in [9.17, 15) is 8.42 Å². The maximum absolute atomic E-state index is 12.1. The molecule has 0 amide bonds. The third-order valence-electron chi connectivity index (χ3n) is 2.24. The SMILES string of the molecule is NCc1cc(S(=O)(=O)NCc2ccsc2)c(Br)s1. The van der Waals surface area contributed by atoms with E-state index in [4.69, 9.17) is 5.73 Å². The van der Waals surface area contributed by atoms with E-state index in [0.717, 1.165) is 10.4 Å². The fraction of sp³-hybridized carbons (Fsp3) is 0.200. The molecule has 0 aliphatic rings. The largest absolute Gasteiger partial charge is 0.326 e.